The lowest BCUT2D eigenvalue weighted by molar-refractivity contribution is -0.130. The lowest BCUT2D eigenvalue weighted by Gasteiger charge is -2.24. The molecule has 1 aliphatic heterocycles. The average Bonchev–Trinajstić information content (AvgIpc) is 3.03. The first-order valence-electron chi connectivity index (χ1n) is 6.37. The van der Waals surface area contributed by atoms with Crippen molar-refractivity contribution in [2.24, 2.45) is 11.7 Å². The number of nitrogens with two attached hydrogens (primary N) is 1. The molecular formula is C12H21N3O2. The van der Waals surface area contributed by atoms with Crippen LogP contribution in [0.25, 0.3) is 0 Å². The Morgan fingerprint density at radius 3 is 2.59 bits per heavy atom. The van der Waals surface area contributed by atoms with Crippen LogP contribution in [-0.4, -0.2) is 53.8 Å². The second kappa shape index (κ2) is 5.04. The highest BCUT2D eigenvalue weighted by Gasteiger charge is 2.34. The Morgan fingerprint density at radius 1 is 1.35 bits per heavy atom. The summed E-state index contributed by atoms with van der Waals surface area (Å²) in [4.78, 5) is 26.7. The fourth-order valence-corrected chi connectivity index (χ4v) is 2.54. The number of nitrogens with zero attached hydrogens (tertiary/aromatic N) is 2. The van der Waals surface area contributed by atoms with E-state index in [9.17, 15) is 9.59 Å². The van der Waals surface area contributed by atoms with Crippen LogP contribution in [0.2, 0.25) is 0 Å². The molecule has 2 rings (SSSR count). The molecule has 5 nitrogen and oxygen atoms in total. The fraction of sp³-hybridized carbons (Fsp3) is 0.833. The number of rotatable bonds is 4. The molecule has 0 aromatic heterocycles. The van der Waals surface area contributed by atoms with E-state index in [2.05, 4.69) is 0 Å². The maximum Gasteiger partial charge on any atom is 0.236 e. The summed E-state index contributed by atoms with van der Waals surface area (Å²) in [5.74, 6) is 0.611. The lowest BCUT2D eigenvalue weighted by Crippen LogP contribution is -2.38. The summed E-state index contributed by atoms with van der Waals surface area (Å²) in [6.07, 6.45) is 3.26. The molecule has 1 saturated carbocycles. The minimum atomic E-state index is 0.0216. The van der Waals surface area contributed by atoms with E-state index in [1.165, 1.54) is 0 Å². The van der Waals surface area contributed by atoms with Gasteiger partial charge in [-0.15, -0.1) is 0 Å². The molecule has 0 aromatic carbocycles. The van der Waals surface area contributed by atoms with Gasteiger partial charge >= 0.3 is 0 Å². The average molecular weight is 239 g/mol. The standard InChI is InChI=1S/C12H21N3O2/c1-9(16)15(11-2-3-11)8-10-4-5-14(7-10)12(17)6-13/h10-11H,2-8,13H2,1H3/t10-/m1/s1. The van der Waals surface area contributed by atoms with Gasteiger partial charge in [0.2, 0.25) is 11.8 Å². The third kappa shape index (κ3) is 2.97. The largest absolute Gasteiger partial charge is 0.341 e. The van der Waals surface area contributed by atoms with E-state index in [-0.39, 0.29) is 18.4 Å². The zero-order chi connectivity index (χ0) is 12.4. The molecule has 96 valence electrons. The van der Waals surface area contributed by atoms with E-state index >= 15 is 0 Å². The van der Waals surface area contributed by atoms with Crippen molar-refractivity contribution in [3.63, 3.8) is 0 Å². The monoisotopic (exact) mass is 239 g/mol. The van der Waals surface area contributed by atoms with Crippen LogP contribution in [-0.2, 0) is 9.59 Å². The van der Waals surface area contributed by atoms with Crippen LogP contribution in [0, 0.1) is 5.92 Å². The molecule has 2 N–H and O–H groups in total. The first-order chi connectivity index (χ1) is 8.11. The van der Waals surface area contributed by atoms with Crippen molar-refractivity contribution >= 4 is 11.8 Å². The molecule has 1 saturated heterocycles. The summed E-state index contributed by atoms with van der Waals surface area (Å²) < 4.78 is 0. The van der Waals surface area contributed by atoms with E-state index in [0.717, 1.165) is 38.9 Å². The maximum absolute atomic E-state index is 11.5. The quantitative estimate of drug-likeness (QED) is 0.739. The van der Waals surface area contributed by atoms with Crippen LogP contribution in [0.4, 0.5) is 0 Å². The third-order valence-corrected chi connectivity index (χ3v) is 3.66. The zero-order valence-corrected chi connectivity index (χ0v) is 10.4. The molecular weight excluding hydrogens is 218 g/mol. The van der Waals surface area contributed by atoms with Crippen molar-refractivity contribution in [2.75, 3.05) is 26.2 Å². The highest BCUT2D eigenvalue weighted by atomic mass is 16.2. The van der Waals surface area contributed by atoms with Gasteiger partial charge in [-0.25, -0.2) is 0 Å². The van der Waals surface area contributed by atoms with Gasteiger partial charge in [-0.3, -0.25) is 9.59 Å². The molecule has 0 aromatic rings. The Hall–Kier alpha value is -1.10. The van der Waals surface area contributed by atoms with Gasteiger partial charge in [-0.1, -0.05) is 0 Å². The maximum atomic E-state index is 11.5. The molecule has 0 unspecified atom stereocenters. The van der Waals surface area contributed by atoms with Gasteiger partial charge in [0.25, 0.3) is 0 Å². The second-order valence-electron chi connectivity index (χ2n) is 5.10. The SMILES string of the molecule is CC(=O)N(C[C@@H]1CCN(C(=O)CN)C1)C1CC1. The van der Waals surface area contributed by atoms with Crippen molar-refractivity contribution in [1.29, 1.82) is 0 Å². The number of hydrogen-bond donors (Lipinski definition) is 1. The Bertz CT molecular complexity index is 315. The lowest BCUT2D eigenvalue weighted by atomic mass is 10.1. The molecule has 0 radical (unpaired) electrons. The van der Waals surface area contributed by atoms with Crippen LogP contribution < -0.4 is 5.73 Å². The molecule has 1 heterocycles. The highest BCUT2D eigenvalue weighted by molar-refractivity contribution is 5.78. The molecule has 17 heavy (non-hydrogen) atoms. The number of amides is 2. The molecule has 1 aliphatic carbocycles. The van der Waals surface area contributed by atoms with Crippen molar-refractivity contribution in [2.45, 2.75) is 32.2 Å². The number of hydrogen-bond acceptors (Lipinski definition) is 3. The second-order valence-corrected chi connectivity index (χ2v) is 5.10. The number of carbonyl (C=O) groups is 2. The van der Waals surface area contributed by atoms with Crippen LogP contribution in [0.15, 0.2) is 0 Å². The molecule has 2 aliphatic rings. The molecule has 0 spiro atoms. The number of likely N-dealkylation sites (tertiary alicyclic amines) is 1. The third-order valence-electron chi connectivity index (χ3n) is 3.66. The summed E-state index contributed by atoms with van der Waals surface area (Å²) in [7, 11) is 0. The molecule has 2 amide bonds. The Morgan fingerprint density at radius 2 is 2.06 bits per heavy atom. The zero-order valence-electron chi connectivity index (χ0n) is 10.4. The minimum absolute atomic E-state index is 0.0216. The van der Waals surface area contributed by atoms with E-state index in [1.54, 1.807) is 6.92 Å². The van der Waals surface area contributed by atoms with E-state index < -0.39 is 0 Å². The summed E-state index contributed by atoms with van der Waals surface area (Å²) >= 11 is 0. The topological polar surface area (TPSA) is 66.6 Å². The van der Waals surface area contributed by atoms with Crippen molar-refractivity contribution < 1.29 is 9.59 Å². The first-order valence-corrected chi connectivity index (χ1v) is 6.37. The highest BCUT2D eigenvalue weighted by Crippen LogP contribution is 2.29. The summed E-state index contributed by atoms with van der Waals surface area (Å²) in [6, 6.07) is 0.465. The van der Waals surface area contributed by atoms with Gasteiger partial charge in [0.15, 0.2) is 0 Å². The van der Waals surface area contributed by atoms with Crippen LogP contribution in [0.5, 0.6) is 0 Å². The smallest absolute Gasteiger partial charge is 0.236 e. The Balaban J connectivity index is 1.84. The predicted molar refractivity (Wildman–Crippen MR) is 64.2 cm³/mol. The predicted octanol–water partition coefficient (Wildman–Crippen LogP) is -0.195. The Labute approximate surface area is 102 Å². The van der Waals surface area contributed by atoms with Crippen LogP contribution >= 0.6 is 0 Å². The first kappa shape index (κ1) is 12.4. The van der Waals surface area contributed by atoms with Gasteiger partial charge < -0.3 is 15.5 Å². The van der Waals surface area contributed by atoms with Gasteiger partial charge in [0, 0.05) is 32.6 Å². The van der Waals surface area contributed by atoms with E-state index in [1.807, 2.05) is 9.80 Å². The van der Waals surface area contributed by atoms with Gasteiger partial charge in [0.1, 0.15) is 0 Å². The number of carbonyl (C=O) groups excluding carboxylic acids is 2. The summed E-state index contributed by atoms with van der Waals surface area (Å²) in [5, 5.41) is 0. The van der Waals surface area contributed by atoms with Crippen molar-refractivity contribution in [3.05, 3.63) is 0 Å². The molecule has 5 heteroatoms. The van der Waals surface area contributed by atoms with Gasteiger partial charge in [0.05, 0.1) is 6.54 Å². The summed E-state index contributed by atoms with van der Waals surface area (Å²) in [5.41, 5.74) is 5.35. The molecule has 1 atom stereocenters. The van der Waals surface area contributed by atoms with Crippen molar-refractivity contribution in [1.82, 2.24) is 9.80 Å². The molecule has 0 bridgehead atoms. The Kier molecular flexibility index (Phi) is 3.66. The minimum Gasteiger partial charge on any atom is -0.341 e. The van der Waals surface area contributed by atoms with Crippen molar-refractivity contribution in [3.8, 4) is 0 Å². The normalized spacial score (nSPS) is 23.9. The van der Waals surface area contributed by atoms with Gasteiger partial charge in [-0.2, -0.15) is 0 Å². The van der Waals surface area contributed by atoms with Gasteiger partial charge in [-0.05, 0) is 25.2 Å². The fourth-order valence-electron chi connectivity index (χ4n) is 2.54. The van der Waals surface area contributed by atoms with E-state index in [0.29, 0.717) is 12.0 Å². The summed E-state index contributed by atoms with van der Waals surface area (Å²) in [6.45, 7) is 4.07. The van der Waals surface area contributed by atoms with Crippen LogP contribution in [0.3, 0.4) is 0 Å². The van der Waals surface area contributed by atoms with E-state index in [4.69, 9.17) is 5.73 Å². The molecule has 2 fully saturated rings. The van der Waals surface area contributed by atoms with Crippen LogP contribution in [0.1, 0.15) is 26.2 Å².